The fraction of sp³-hybridized carbons (Fsp3) is 0.889. The number of nitrogens with zero attached hydrogens (tertiary/aromatic N) is 1. The predicted molar refractivity (Wildman–Crippen MR) is 64.1 cm³/mol. The highest BCUT2D eigenvalue weighted by Gasteiger charge is 2.41. The van der Waals surface area contributed by atoms with Gasteiger partial charge in [-0.25, -0.2) is 8.42 Å². The maximum atomic E-state index is 11.9. The van der Waals surface area contributed by atoms with Gasteiger partial charge in [-0.2, -0.15) is 4.31 Å². The smallest absolute Gasteiger partial charge is 0.235 e. The Hall–Kier alpha value is -0.370. The van der Waals surface area contributed by atoms with Gasteiger partial charge in [0.25, 0.3) is 0 Å². The van der Waals surface area contributed by atoms with Gasteiger partial charge < -0.3 is 10.8 Å². The summed E-state index contributed by atoms with van der Waals surface area (Å²) >= 11 is 5.47. The number of nitrogens with two attached hydrogens (primary N) is 1. The van der Waals surface area contributed by atoms with Crippen molar-refractivity contribution >= 4 is 27.5 Å². The molecule has 0 saturated carbocycles. The van der Waals surface area contributed by atoms with Gasteiger partial charge in [0, 0.05) is 18.8 Å². The number of hydrogen-bond donors (Lipinski definition) is 2. The second-order valence-electron chi connectivity index (χ2n) is 4.09. The molecule has 0 aliphatic carbocycles. The first-order valence-corrected chi connectivity index (χ1v) is 7.55. The Morgan fingerprint density at radius 3 is 2.65 bits per heavy atom. The Kier molecular flexibility index (Phi) is 5.18. The molecule has 2 unspecified atom stereocenters. The van der Waals surface area contributed by atoms with Gasteiger partial charge in [0.05, 0.1) is 11.9 Å². The first-order valence-electron chi connectivity index (χ1n) is 5.41. The lowest BCUT2D eigenvalue weighted by atomic mass is 10.2. The molecule has 0 radical (unpaired) electrons. The summed E-state index contributed by atoms with van der Waals surface area (Å²) in [5.41, 5.74) is 5.12. The average molecular weight is 285 g/mol. The van der Waals surface area contributed by atoms with Gasteiger partial charge in [-0.15, -0.1) is 11.6 Å². The van der Waals surface area contributed by atoms with Crippen molar-refractivity contribution in [3.8, 4) is 0 Å². The number of halogens is 1. The standard InChI is InChI=1S/C9H17ClN2O4S/c10-3-1-2-4-17(15,16)12-6-7(13)5-8(12)9(11)14/h7-8,13H,1-6H2,(H2,11,14). The van der Waals surface area contributed by atoms with Crippen molar-refractivity contribution in [2.45, 2.75) is 31.4 Å². The summed E-state index contributed by atoms with van der Waals surface area (Å²) in [5, 5.41) is 9.42. The van der Waals surface area contributed by atoms with Crippen molar-refractivity contribution in [2.75, 3.05) is 18.2 Å². The molecule has 2 atom stereocenters. The fourth-order valence-electron chi connectivity index (χ4n) is 1.85. The van der Waals surface area contributed by atoms with Crippen LogP contribution in [-0.2, 0) is 14.8 Å². The highest BCUT2D eigenvalue weighted by molar-refractivity contribution is 7.89. The van der Waals surface area contributed by atoms with E-state index in [0.29, 0.717) is 18.7 Å². The van der Waals surface area contributed by atoms with Crippen LogP contribution in [0, 0.1) is 0 Å². The van der Waals surface area contributed by atoms with Crippen LogP contribution in [-0.4, -0.2) is 54.1 Å². The summed E-state index contributed by atoms with van der Waals surface area (Å²) in [6, 6.07) is -0.925. The Morgan fingerprint density at radius 1 is 1.47 bits per heavy atom. The molecule has 17 heavy (non-hydrogen) atoms. The van der Waals surface area contributed by atoms with Gasteiger partial charge in [-0.05, 0) is 12.8 Å². The zero-order chi connectivity index (χ0) is 13.1. The van der Waals surface area contributed by atoms with Crippen LogP contribution in [0.2, 0.25) is 0 Å². The molecule has 1 saturated heterocycles. The van der Waals surface area contributed by atoms with Crippen LogP contribution in [0.25, 0.3) is 0 Å². The van der Waals surface area contributed by atoms with Crippen LogP contribution in [0.1, 0.15) is 19.3 Å². The maximum absolute atomic E-state index is 11.9. The normalized spacial score (nSPS) is 26.2. The molecule has 1 aliphatic heterocycles. The summed E-state index contributed by atoms with van der Waals surface area (Å²) in [7, 11) is -3.55. The topological polar surface area (TPSA) is 101 Å². The van der Waals surface area contributed by atoms with E-state index in [0.717, 1.165) is 4.31 Å². The molecule has 0 aromatic rings. The first-order chi connectivity index (χ1) is 7.88. The lowest BCUT2D eigenvalue weighted by Gasteiger charge is -2.21. The number of β-amino-alcohol motifs (C(OH)–C–C–N with tert-alkyl or cyclic N) is 1. The molecule has 8 heteroatoms. The number of aliphatic hydroxyl groups is 1. The van der Waals surface area contributed by atoms with E-state index in [2.05, 4.69) is 0 Å². The Labute approximate surface area is 106 Å². The van der Waals surface area contributed by atoms with E-state index < -0.39 is 28.1 Å². The number of rotatable bonds is 6. The summed E-state index contributed by atoms with van der Waals surface area (Å²) in [6.45, 7) is -0.0587. The van der Waals surface area contributed by atoms with Crippen molar-refractivity contribution in [2.24, 2.45) is 5.73 Å². The number of carbonyl (C=O) groups excluding carboxylic acids is 1. The Morgan fingerprint density at radius 2 is 2.12 bits per heavy atom. The Bertz CT molecular complexity index is 373. The number of primary amides is 1. The molecule has 0 aromatic carbocycles. The van der Waals surface area contributed by atoms with E-state index in [4.69, 9.17) is 17.3 Å². The van der Waals surface area contributed by atoms with Crippen LogP contribution < -0.4 is 5.73 Å². The molecule has 0 bridgehead atoms. The van der Waals surface area contributed by atoms with Crippen LogP contribution in [0.4, 0.5) is 0 Å². The van der Waals surface area contributed by atoms with Crippen LogP contribution >= 0.6 is 11.6 Å². The summed E-state index contributed by atoms with van der Waals surface area (Å²) < 4.78 is 24.9. The second kappa shape index (κ2) is 5.99. The molecule has 0 aromatic heterocycles. The minimum absolute atomic E-state index is 0.0587. The van der Waals surface area contributed by atoms with Gasteiger partial charge in [0.1, 0.15) is 6.04 Å². The van der Waals surface area contributed by atoms with Crippen LogP contribution in [0.15, 0.2) is 0 Å². The highest BCUT2D eigenvalue weighted by Crippen LogP contribution is 2.22. The molecule has 1 heterocycles. The van der Waals surface area contributed by atoms with Crippen LogP contribution in [0.3, 0.4) is 0 Å². The first kappa shape index (κ1) is 14.7. The minimum atomic E-state index is -3.55. The van der Waals surface area contributed by atoms with E-state index in [1.54, 1.807) is 0 Å². The average Bonchev–Trinajstić information content (AvgIpc) is 2.61. The molecule has 0 spiro atoms. The second-order valence-corrected chi connectivity index (χ2v) is 6.51. The number of aliphatic hydroxyl groups excluding tert-OH is 1. The van der Waals surface area contributed by atoms with E-state index in [1.165, 1.54) is 0 Å². The molecule has 1 aliphatic rings. The SMILES string of the molecule is NC(=O)C1CC(O)CN1S(=O)(=O)CCCCCl. The summed E-state index contributed by atoms with van der Waals surface area (Å²) in [4.78, 5) is 11.1. The third-order valence-electron chi connectivity index (χ3n) is 2.71. The molecule has 1 rings (SSSR count). The monoisotopic (exact) mass is 284 g/mol. The van der Waals surface area contributed by atoms with Crippen LogP contribution in [0.5, 0.6) is 0 Å². The number of hydrogen-bond acceptors (Lipinski definition) is 4. The van der Waals surface area contributed by atoms with E-state index in [9.17, 15) is 18.3 Å². The number of amides is 1. The predicted octanol–water partition coefficient (Wildman–Crippen LogP) is -0.744. The molecular weight excluding hydrogens is 268 g/mol. The minimum Gasteiger partial charge on any atom is -0.392 e. The van der Waals surface area contributed by atoms with Gasteiger partial charge in [-0.1, -0.05) is 0 Å². The third-order valence-corrected chi connectivity index (χ3v) is 4.90. The third kappa shape index (κ3) is 3.80. The number of unbranched alkanes of at least 4 members (excludes halogenated alkanes) is 1. The molecule has 1 amide bonds. The molecular formula is C9H17ClN2O4S. The van der Waals surface area contributed by atoms with Gasteiger partial charge in [-0.3, -0.25) is 4.79 Å². The van der Waals surface area contributed by atoms with Crippen molar-refractivity contribution in [1.82, 2.24) is 4.31 Å². The fourth-order valence-corrected chi connectivity index (χ4v) is 3.82. The van der Waals surface area contributed by atoms with E-state index in [1.807, 2.05) is 0 Å². The van der Waals surface area contributed by atoms with Crippen molar-refractivity contribution in [1.29, 1.82) is 0 Å². The number of alkyl halides is 1. The molecule has 1 fully saturated rings. The van der Waals surface area contributed by atoms with Crippen molar-refractivity contribution in [3.05, 3.63) is 0 Å². The van der Waals surface area contributed by atoms with E-state index in [-0.39, 0.29) is 18.7 Å². The Balaban J connectivity index is 2.72. The molecule has 100 valence electrons. The summed E-state index contributed by atoms with van der Waals surface area (Å²) in [5.74, 6) is -0.393. The van der Waals surface area contributed by atoms with E-state index >= 15 is 0 Å². The molecule has 6 nitrogen and oxygen atoms in total. The maximum Gasteiger partial charge on any atom is 0.235 e. The lowest BCUT2D eigenvalue weighted by molar-refractivity contribution is -0.121. The van der Waals surface area contributed by atoms with Gasteiger partial charge in [0.15, 0.2) is 0 Å². The van der Waals surface area contributed by atoms with Gasteiger partial charge in [0.2, 0.25) is 15.9 Å². The van der Waals surface area contributed by atoms with Crippen molar-refractivity contribution < 1.29 is 18.3 Å². The van der Waals surface area contributed by atoms with Crippen molar-refractivity contribution in [3.63, 3.8) is 0 Å². The number of sulfonamides is 1. The summed E-state index contributed by atoms with van der Waals surface area (Å²) in [6.07, 6.45) is 0.280. The quantitative estimate of drug-likeness (QED) is 0.495. The molecule has 3 N–H and O–H groups in total. The van der Waals surface area contributed by atoms with Gasteiger partial charge >= 0.3 is 0 Å². The largest absolute Gasteiger partial charge is 0.392 e. The zero-order valence-corrected chi connectivity index (χ0v) is 11.0. The lowest BCUT2D eigenvalue weighted by Crippen LogP contribution is -2.44. The number of carbonyl (C=O) groups is 1. The zero-order valence-electron chi connectivity index (χ0n) is 9.38. The highest BCUT2D eigenvalue weighted by atomic mass is 35.5.